The molecule has 0 bridgehead atoms. The fourth-order valence-corrected chi connectivity index (χ4v) is 2.64. The summed E-state index contributed by atoms with van der Waals surface area (Å²) in [4.78, 5) is 0. The molecule has 0 aliphatic carbocycles. The molecule has 0 spiro atoms. The Balaban J connectivity index is 1.85. The van der Waals surface area contributed by atoms with E-state index in [0.717, 1.165) is 49.1 Å². The lowest BCUT2D eigenvalue weighted by Crippen LogP contribution is -2.29. The molecule has 0 unspecified atom stereocenters. The molecule has 1 aliphatic heterocycles. The fourth-order valence-electron chi connectivity index (χ4n) is 2.43. The van der Waals surface area contributed by atoms with E-state index >= 15 is 0 Å². The molecule has 2 rings (SSSR count). The van der Waals surface area contributed by atoms with Crippen LogP contribution in [-0.2, 0) is 24.8 Å². The van der Waals surface area contributed by atoms with Crippen molar-refractivity contribution in [3.8, 4) is 0 Å². The van der Waals surface area contributed by atoms with Gasteiger partial charge in [-0.05, 0) is 25.2 Å². The number of hydrogen-bond acceptors (Lipinski definition) is 3. The number of nitrogens with zero attached hydrogens (tertiary/aromatic N) is 2. The van der Waals surface area contributed by atoms with Crippen molar-refractivity contribution in [1.29, 1.82) is 0 Å². The average molecular weight is 272 g/mol. The summed E-state index contributed by atoms with van der Waals surface area (Å²) in [6.07, 6.45) is 3.36. The lowest BCUT2D eigenvalue weighted by Gasteiger charge is -2.22. The topological polar surface area (TPSA) is 39.1 Å². The minimum atomic E-state index is 0.638. The summed E-state index contributed by atoms with van der Waals surface area (Å²) >= 11 is 6.25. The van der Waals surface area contributed by atoms with E-state index in [1.54, 1.807) is 4.68 Å². The van der Waals surface area contributed by atoms with Gasteiger partial charge in [-0.15, -0.1) is 0 Å². The molecule has 1 saturated heterocycles. The van der Waals surface area contributed by atoms with Crippen molar-refractivity contribution in [3.05, 3.63) is 16.4 Å². The summed E-state index contributed by atoms with van der Waals surface area (Å²) in [6, 6.07) is 0. The van der Waals surface area contributed by atoms with Gasteiger partial charge in [-0.3, -0.25) is 4.68 Å². The van der Waals surface area contributed by atoms with Crippen LogP contribution in [0.25, 0.3) is 0 Å². The van der Waals surface area contributed by atoms with Crippen molar-refractivity contribution in [3.63, 3.8) is 0 Å². The number of aromatic nitrogens is 2. The zero-order valence-electron chi connectivity index (χ0n) is 11.2. The van der Waals surface area contributed by atoms with Gasteiger partial charge in [0, 0.05) is 32.3 Å². The number of halogens is 1. The summed E-state index contributed by atoms with van der Waals surface area (Å²) in [6.45, 7) is 5.71. The summed E-state index contributed by atoms with van der Waals surface area (Å²) in [5, 5.41) is 8.65. The van der Waals surface area contributed by atoms with Gasteiger partial charge < -0.3 is 10.1 Å². The highest BCUT2D eigenvalue weighted by Gasteiger charge is 2.16. The normalized spacial score (nSPS) is 20.3. The molecule has 0 amide bonds. The molecular weight excluding hydrogens is 250 g/mol. The Morgan fingerprint density at radius 2 is 2.39 bits per heavy atom. The third-order valence-electron chi connectivity index (χ3n) is 3.48. The Labute approximate surface area is 114 Å². The highest BCUT2D eigenvalue weighted by molar-refractivity contribution is 6.30. The van der Waals surface area contributed by atoms with E-state index in [1.807, 2.05) is 7.05 Å². The van der Waals surface area contributed by atoms with Crippen molar-refractivity contribution in [2.24, 2.45) is 13.0 Å². The van der Waals surface area contributed by atoms with Crippen LogP contribution in [0.2, 0.25) is 5.15 Å². The number of aryl methyl sites for hydroxylation is 2. The van der Waals surface area contributed by atoms with Crippen LogP contribution in [0.5, 0.6) is 0 Å². The van der Waals surface area contributed by atoms with Crippen LogP contribution in [0.3, 0.4) is 0 Å². The van der Waals surface area contributed by atoms with Gasteiger partial charge in [0.05, 0.1) is 12.3 Å². The molecule has 0 aromatic carbocycles. The molecule has 1 aromatic heterocycles. The molecule has 102 valence electrons. The first-order chi connectivity index (χ1) is 8.72. The predicted octanol–water partition coefficient (Wildman–Crippen LogP) is 2.15. The van der Waals surface area contributed by atoms with Gasteiger partial charge in [0.1, 0.15) is 5.15 Å². The predicted molar refractivity (Wildman–Crippen MR) is 72.8 cm³/mol. The van der Waals surface area contributed by atoms with E-state index in [4.69, 9.17) is 16.3 Å². The van der Waals surface area contributed by atoms with E-state index in [1.165, 1.54) is 12.8 Å². The Bertz CT molecular complexity index is 386. The number of ether oxygens (including phenoxy) is 1. The Morgan fingerprint density at radius 1 is 1.56 bits per heavy atom. The second kappa shape index (κ2) is 6.55. The molecule has 1 fully saturated rings. The standard InChI is InChI=1S/C13H22ClN3O/c1-3-12-11(13(14)17(2)16-12)8-15-7-10-5-4-6-18-9-10/h10,15H,3-9H2,1-2H3/t10-/m0/s1. The van der Waals surface area contributed by atoms with E-state index < -0.39 is 0 Å². The Hall–Kier alpha value is -0.580. The van der Waals surface area contributed by atoms with Crippen molar-refractivity contribution >= 4 is 11.6 Å². The minimum Gasteiger partial charge on any atom is -0.381 e. The molecule has 18 heavy (non-hydrogen) atoms. The van der Waals surface area contributed by atoms with Crippen LogP contribution in [-0.4, -0.2) is 29.5 Å². The first-order valence-electron chi connectivity index (χ1n) is 6.71. The largest absolute Gasteiger partial charge is 0.381 e. The molecule has 5 heteroatoms. The molecular formula is C13H22ClN3O. The van der Waals surface area contributed by atoms with Crippen molar-refractivity contribution < 1.29 is 4.74 Å². The van der Waals surface area contributed by atoms with E-state index in [-0.39, 0.29) is 0 Å². The summed E-state index contributed by atoms with van der Waals surface area (Å²) < 4.78 is 7.23. The molecule has 1 aromatic rings. The zero-order chi connectivity index (χ0) is 13.0. The quantitative estimate of drug-likeness (QED) is 0.892. The number of nitrogens with one attached hydrogen (secondary N) is 1. The maximum atomic E-state index is 6.25. The van der Waals surface area contributed by atoms with E-state index in [9.17, 15) is 0 Å². The Morgan fingerprint density at radius 3 is 3.06 bits per heavy atom. The third kappa shape index (κ3) is 3.25. The zero-order valence-corrected chi connectivity index (χ0v) is 12.0. The second-order valence-electron chi connectivity index (χ2n) is 4.91. The molecule has 1 N–H and O–H groups in total. The van der Waals surface area contributed by atoms with Crippen molar-refractivity contribution in [2.75, 3.05) is 19.8 Å². The van der Waals surface area contributed by atoms with Gasteiger partial charge in [-0.25, -0.2) is 0 Å². The van der Waals surface area contributed by atoms with Crippen LogP contribution < -0.4 is 5.32 Å². The SMILES string of the molecule is CCc1nn(C)c(Cl)c1CNC[C@@H]1CCCOC1. The van der Waals surface area contributed by atoms with Gasteiger partial charge in [0.25, 0.3) is 0 Å². The van der Waals surface area contributed by atoms with Gasteiger partial charge in [0.2, 0.25) is 0 Å². The van der Waals surface area contributed by atoms with Crippen LogP contribution in [0.4, 0.5) is 0 Å². The molecule has 1 atom stereocenters. The van der Waals surface area contributed by atoms with Gasteiger partial charge in [-0.2, -0.15) is 5.10 Å². The molecule has 0 radical (unpaired) electrons. The van der Waals surface area contributed by atoms with Crippen molar-refractivity contribution in [2.45, 2.75) is 32.7 Å². The first-order valence-corrected chi connectivity index (χ1v) is 7.08. The highest BCUT2D eigenvalue weighted by Crippen LogP contribution is 2.20. The maximum Gasteiger partial charge on any atom is 0.131 e. The minimum absolute atomic E-state index is 0.638. The van der Waals surface area contributed by atoms with Crippen LogP contribution in [0.1, 0.15) is 31.0 Å². The third-order valence-corrected chi connectivity index (χ3v) is 3.95. The first kappa shape index (κ1) is 13.8. The van der Waals surface area contributed by atoms with Gasteiger partial charge in [0.15, 0.2) is 0 Å². The smallest absolute Gasteiger partial charge is 0.131 e. The second-order valence-corrected chi connectivity index (χ2v) is 5.27. The summed E-state index contributed by atoms with van der Waals surface area (Å²) in [7, 11) is 1.89. The number of hydrogen-bond donors (Lipinski definition) is 1. The lowest BCUT2D eigenvalue weighted by molar-refractivity contribution is 0.0547. The van der Waals surface area contributed by atoms with Crippen LogP contribution >= 0.6 is 11.6 Å². The maximum absolute atomic E-state index is 6.25. The van der Waals surface area contributed by atoms with Crippen LogP contribution in [0, 0.1) is 5.92 Å². The monoisotopic (exact) mass is 271 g/mol. The van der Waals surface area contributed by atoms with E-state index in [0.29, 0.717) is 5.92 Å². The van der Waals surface area contributed by atoms with Gasteiger partial charge in [-0.1, -0.05) is 18.5 Å². The van der Waals surface area contributed by atoms with Crippen LogP contribution in [0.15, 0.2) is 0 Å². The summed E-state index contributed by atoms with van der Waals surface area (Å²) in [5.41, 5.74) is 2.23. The molecule has 4 nitrogen and oxygen atoms in total. The lowest BCUT2D eigenvalue weighted by atomic mass is 10.0. The number of rotatable bonds is 5. The van der Waals surface area contributed by atoms with Crippen molar-refractivity contribution in [1.82, 2.24) is 15.1 Å². The summed E-state index contributed by atoms with van der Waals surface area (Å²) in [5.74, 6) is 0.638. The molecule has 0 saturated carbocycles. The highest BCUT2D eigenvalue weighted by atomic mass is 35.5. The fraction of sp³-hybridized carbons (Fsp3) is 0.769. The molecule has 1 aliphatic rings. The Kier molecular flexibility index (Phi) is 5.03. The van der Waals surface area contributed by atoms with E-state index in [2.05, 4.69) is 17.3 Å². The molecule has 2 heterocycles. The van der Waals surface area contributed by atoms with Gasteiger partial charge >= 0.3 is 0 Å². The average Bonchev–Trinajstić information content (AvgIpc) is 2.67.